The van der Waals surface area contributed by atoms with Crippen molar-refractivity contribution in [2.75, 3.05) is 0 Å². The summed E-state index contributed by atoms with van der Waals surface area (Å²) in [4.78, 5) is 11.2. The monoisotopic (exact) mass is 430 g/mol. The van der Waals surface area contributed by atoms with E-state index in [0.29, 0.717) is 17.9 Å². The number of fused-ring (bicyclic) bond motifs is 1. The van der Waals surface area contributed by atoms with Gasteiger partial charge >= 0.3 is 6.16 Å². The van der Waals surface area contributed by atoms with Crippen molar-refractivity contribution in [3.63, 3.8) is 0 Å². The minimum atomic E-state index is -1.35. The Morgan fingerprint density at radius 2 is 1.50 bits per heavy atom. The number of carboxylic acid groups (broad SMARTS) is 1. The van der Waals surface area contributed by atoms with Gasteiger partial charge in [-0.05, 0) is 58.1 Å². The zero-order chi connectivity index (χ0) is 22.9. The van der Waals surface area contributed by atoms with Gasteiger partial charge < -0.3 is 14.6 Å². The number of benzene rings is 3. The topological polar surface area (TPSA) is 55.8 Å². The summed E-state index contributed by atoms with van der Waals surface area (Å²) in [7, 11) is 0. The summed E-state index contributed by atoms with van der Waals surface area (Å²) < 4.78 is 11.3. The van der Waals surface area contributed by atoms with Crippen LogP contribution in [0.4, 0.5) is 4.79 Å². The SMILES string of the molecule is CC1(C)CCC(C)(C)c2cc(COc3cccc(OC(=O)O)c3-c3ccccc3)ccc21. The second kappa shape index (κ2) is 8.34. The van der Waals surface area contributed by atoms with Gasteiger partial charge in [0.25, 0.3) is 0 Å². The van der Waals surface area contributed by atoms with Gasteiger partial charge in [0.15, 0.2) is 0 Å². The molecule has 1 aliphatic rings. The molecule has 0 unspecified atom stereocenters. The van der Waals surface area contributed by atoms with E-state index in [1.807, 2.05) is 36.4 Å². The van der Waals surface area contributed by atoms with E-state index >= 15 is 0 Å². The highest BCUT2D eigenvalue weighted by molar-refractivity contribution is 5.79. The van der Waals surface area contributed by atoms with Crippen molar-refractivity contribution < 1.29 is 19.4 Å². The fraction of sp³-hybridized carbons (Fsp3) is 0.321. The second-order valence-corrected chi connectivity index (χ2v) is 9.80. The highest BCUT2D eigenvalue weighted by Crippen LogP contribution is 2.46. The first-order valence-electron chi connectivity index (χ1n) is 11.0. The van der Waals surface area contributed by atoms with Gasteiger partial charge in [-0.1, -0.05) is 82.3 Å². The van der Waals surface area contributed by atoms with Crippen molar-refractivity contribution in [1.82, 2.24) is 0 Å². The Kier molecular flexibility index (Phi) is 5.72. The van der Waals surface area contributed by atoms with Crippen molar-refractivity contribution in [2.45, 2.75) is 58.0 Å². The number of ether oxygens (including phenoxy) is 2. The number of hydrogen-bond donors (Lipinski definition) is 1. The first-order valence-corrected chi connectivity index (χ1v) is 11.0. The Balaban J connectivity index is 1.67. The van der Waals surface area contributed by atoms with Crippen molar-refractivity contribution in [2.24, 2.45) is 0 Å². The van der Waals surface area contributed by atoms with Gasteiger partial charge in [-0.25, -0.2) is 4.79 Å². The molecule has 0 aromatic heterocycles. The van der Waals surface area contributed by atoms with Gasteiger partial charge in [-0.3, -0.25) is 0 Å². The standard InChI is InChI=1S/C28H30O4/c1-27(2)15-16-28(3,4)22-17-19(13-14-21(22)27)18-31-23-11-8-12-24(32-26(29)30)25(23)20-9-6-5-7-10-20/h5-14,17H,15-16,18H2,1-4H3,(H,29,30). The molecule has 1 aliphatic carbocycles. The first kappa shape index (κ1) is 21.9. The number of hydrogen-bond acceptors (Lipinski definition) is 3. The van der Waals surface area contributed by atoms with Crippen molar-refractivity contribution in [1.29, 1.82) is 0 Å². The summed E-state index contributed by atoms with van der Waals surface area (Å²) in [6.45, 7) is 9.65. The van der Waals surface area contributed by atoms with E-state index < -0.39 is 6.16 Å². The van der Waals surface area contributed by atoms with Gasteiger partial charge in [0.05, 0.1) is 5.56 Å². The molecular weight excluding hydrogens is 400 g/mol. The lowest BCUT2D eigenvalue weighted by Crippen LogP contribution is -2.33. The van der Waals surface area contributed by atoms with Crippen molar-refractivity contribution >= 4 is 6.16 Å². The van der Waals surface area contributed by atoms with Crippen molar-refractivity contribution in [3.8, 4) is 22.6 Å². The molecule has 0 saturated heterocycles. The van der Waals surface area contributed by atoms with E-state index in [9.17, 15) is 9.90 Å². The predicted octanol–water partition coefficient (Wildman–Crippen LogP) is 7.34. The molecule has 4 heteroatoms. The highest BCUT2D eigenvalue weighted by Gasteiger charge is 2.36. The second-order valence-electron chi connectivity index (χ2n) is 9.80. The quantitative estimate of drug-likeness (QED) is 0.340. The summed E-state index contributed by atoms with van der Waals surface area (Å²) in [5.41, 5.74) is 5.68. The van der Waals surface area contributed by atoms with Crippen LogP contribution >= 0.6 is 0 Å². The third-order valence-electron chi connectivity index (χ3n) is 6.56. The Bertz CT molecular complexity index is 1130. The van der Waals surface area contributed by atoms with Crippen LogP contribution in [0.25, 0.3) is 11.1 Å². The summed E-state index contributed by atoms with van der Waals surface area (Å²) >= 11 is 0. The Hall–Kier alpha value is -3.27. The van der Waals surface area contributed by atoms with Gasteiger partial charge in [-0.2, -0.15) is 0 Å². The van der Waals surface area contributed by atoms with Gasteiger partial charge in [0.2, 0.25) is 0 Å². The molecule has 166 valence electrons. The molecule has 0 saturated carbocycles. The van der Waals surface area contributed by atoms with E-state index in [4.69, 9.17) is 9.47 Å². The largest absolute Gasteiger partial charge is 0.511 e. The fourth-order valence-corrected chi connectivity index (χ4v) is 4.59. The van der Waals surface area contributed by atoms with Crippen LogP contribution in [0.2, 0.25) is 0 Å². The maximum absolute atomic E-state index is 11.2. The molecule has 3 aromatic carbocycles. The minimum Gasteiger partial charge on any atom is -0.488 e. The zero-order valence-electron chi connectivity index (χ0n) is 19.1. The first-order chi connectivity index (χ1) is 15.2. The van der Waals surface area contributed by atoms with Crippen LogP contribution in [0.5, 0.6) is 11.5 Å². The Morgan fingerprint density at radius 3 is 2.19 bits per heavy atom. The molecule has 0 heterocycles. The van der Waals surface area contributed by atoms with Gasteiger partial charge in [0, 0.05) is 0 Å². The molecule has 3 aromatic rings. The third kappa shape index (κ3) is 4.36. The lowest BCUT2D eigenvalue weighted by Gasteiger charge is -2.42. The fourth-order valence-electron chi connectivity index (χ4n) is 4.59. The van der Waals surface area contributed by atoms with E-state index in [-0.39, 0.29) is 16.6 Å². The van der Waals surface area contributed by atoms with Crippen LogP contribution in [0, 0.1) is 0 Å². The summed E-state index contributed by atoms with van der Waals surface area (Å²) in [5.74, 6) is 0.849. The molecule has 0 fully saturated rings. The van der Waals surface area contributed by atoms with Crippen LogP contribution in [-0.2, 0) is 17.4 Å². The number of rotatable bonds is 5. The van der Waals surface area contributed by atoms with E-state index in [2.05, 4.69) is 45.9 Å². The smallest absolute Gasteiger partial charge is 0.488 e. The molecule has 0 bridgehead atoms. The molecule has 0 aliphatic heterocycles. The number of carbonyl (C=O) groups is 1. The van der Waals surface area contributed by atoms with Crippen LogP contribution in [0.3, 0.4) is 0 Å². The third-order valence-corrected chi connectivity index (χ3v) is 6.56. The summed E-state index contributed by atoms with van der Waals surface area (Å²) in [5, 5.41) is 9.18. The normalized spacial score (nSPS) is 16.1. The van der Waals surface area contributed by atoms with Crippen molar-refractivity contribution in [3.05, 3.63) is 83.4 Å². The van der Waals surface area contributed by atoms with Crippen LogP contribution < -0.4 is 9.47 Å². The highest BCUT2D eigenvalue weighted by atomic mass is 16.7. The molecule has 0 radical (unpaired) electrons. The average Bonchev–Trinajstić information content (AvgIpc) is 2.76. The zero-order valence-corrected chi connectivity index (χ0v) is 19.1. The summed E-state index contributed by atoms with van der Waals surface area (Å²) in [6, 6.07) is 21.5. The molecule has 4 nitrogen and oxygen atoms in total. The molecule has 0 spiro atoms. The molecule has 0 amide bonds. The van der Waals surface area contributed by atoms with E-state index in [1.54, 1.807) is 12.1 Å². The van der Waals surface area contributed by atoms with E-state index in [1.165, 1.54) is 17.5 Å². The minimum absolute atomic E-state index is 0.130. The molecule has 1 N–H and O–H groups in total. The maximum atomic E-state index is 11.2. The van der Waals surface area contributed by atoms with Crippen LogP contribution in [-0.4, -0.2) is 11.3 Å². The van der Waals surface area contributed by atoms with Gasteiger partial charge in [0.1, 0.15) is 18.1 Å². The predicted molar refractivity (Wildman–Crippen MR) is 127 cm³/mol. The summed E-state index contributed by atoms with van der Waals surface area (Å²) in [6.07, 6.45) is 0.989. The lowest BCUT2D eigenvalue weighted by atomic mass is 9.63. The van der Waals surface area contributed by atoms with E-state index in [0.717, 1.165) is 17.5 Å². The molecular formula is C28H30O4. The Morgan fingerprint density at radius 1 is 0.844 bits per heavy atom. The average molecular weight is 431 g/mol. The molecule has 4 rings (SSSR count). The van der Waals surface area contributed by atoms with Gasteiger partial charge in [-0.15, -0.1) is 0 Å². The van der Waals surface area contributed by atoms with Crippen LogP contribution in [0.15, 0.2) is 66.7 Å². The van der Waals surface area contributed by atoms with Crippen LogP contribution in [0.1, 0.15) is 57.2 Å². The molecule has 32 heavy (non-hydrogen) atoms. The lowest BCUT2D eigenvalue weighted by molar-refractivity contribution is 0.144. The Labute approximate surface area is 189 Å². The molecule has 0 atom stereocenters. The maximum Gasteiger partial charge on any atom is 0.511 e.